The monoisotopic (exact) mass is 252 g/mol. The molecule has 0 saturated carbocycles. The number of rotatable bonds is 4. The van der Waals surface area contributed by atoms with Gasteiger partial charge in [-0.25, -0.2) is 9.97 Å². The Morgan fingerprint density at radius 3 is 2.95 bits per heavy atom. The SMILES string of the molecule is CCNCc1cc(-n2ccnc2)nc2ccccc12. The zero-order valence-corrected chi connectivity index (χ0v) is 10.9. The van der Waals surface area contributed by atoms with Gasteiger partial charge in [0.1, 0.15) is 12.1 Å². The van der Waals surface area contributed by atoms with Gasteiger partial charge >= 0.3 is 0 Å². The number of aromatic nitrogens is 3. The number of nitrogens with zero attached hydrogens (tertiary/aromatic N) is 3. The summed E-state index contributed by atoms with van der Waals surface area (Å²) in [5.41, 5.74) is 2.28. The maximum atomic E-state index is 4.68. The number of nitrogens with one attached hydrogen (secondary N) is 1. The normalized spacial score (nSPS) is 11.0. The predicted octanol–water partition coefficient (Wildman–Crippen LogP) is 2.53. The molecule has 4 heteroatoms. The molecule has 96 valence electrons. The van der Waals surface area contributed by atoms with Crippen molar-refractivity contribution in [1.29, 1.82) is 0 Å². The van der Waals surface area contributed by atoms with Crippen molar-refractivity contribution >= 4 is 10.9 Å². The molecule has 4 nitrogen and oxygen atoms in total. The van der Waals surface area contributed by atoms with E-state index in [1.165, 1.54) is 10.9 Å². The van der Waals surface area contributed by atoms with Crippen LogP contribution in [0.3, 0.4) is 0 Å². The lowest BCUT2D eigenvalue weighted by atomic mass is 10.1. The molecule has 0 spiro atoms. The fourth-order valence-electron chi connectivity index (χ4n) is 2.16. The third-order valence-electron chi connectivity index (χ3n) is 3.12. The summed E-state index contributed by atoms with van der Waals surface area (Å²) in [5, 5.41) is 4.58. The van der Waals surface area contributed by atoms with E-state index in [0.717, 1.165) is 24.4 Å². The number of benzene rings is 1. The van der Waals surface area contributed by atoms with Crippen molar-refractivity contribution in [2.24, 2.45) is 0 Å². The molecule has 1 aromatic carbocycles. The molecule has 0 bridgehead atoms. The minimum absolute atomic E-state index is 0.848. The lowest BCUT2D eigenvalue weighted by molar-refractivity contribution is 0.729. The van der Waals surface area contributed by atoms with Crippen molar-refractivity contribution in [3.63, 3.8) is 0 Å². The Kier molecular flexibility index (Phi) is 3.25. The topological polar surface area (TPSA) is 42.7 Å². The summed E-state index contributed by atoms with van der Waals surface area (Å²) in [6.07, 6.45) is 5.45. The van der Waals surface area contributed by atoms with Crippen LogP contribution in [0.2, 0.25) is 0 Å². The second-order valence-corrected chi connectivity index (χ2v) is 4.41. The van der Waals surface area contributed by atoms with E-state index in [4.69, 9.17) is 0 Å². The highest BCUT2D eigenvalue weighted by molar-refractivity contribution is 5.83. The highest BCUT2D eigenvalue weighted by Gasteiger charge is 2.06. The molecule has 0 aliphatic rings. The summed E-state index contributed by atoms with van der Waals surface area (Å²) in [6.45, 7) is 3.92. The molecule has 2 aromatic heterocycles. The molecule has 0 fully saturated rings. The second kappa shape index (κ2) is 5.20. The van der Waals surface area contributed by atoms with Gasteiger partial charge in [0.2, 0.25) is 0 Å². The van der Waals surface area contributed by atoms with Gasteiger partial charge in [-0.1, -0.05) is 25.1 Å². The molecule has 0 radical (unpaired) electrons. The molecule has 1 N–H and O–H groups in total. The molecular formula is C15H16N4. The second-order valence-electron chi connectivity index (χ2n) is 4.41. The molecule has 3 rings (SSSR count). The van der Waals surface area contributed by atoms with Crippen molar-refractivity contribution in [1.82, 2.24) is 19.9 Å². The Bertz CT molecular complexity index is 674. The van der Waals surface area contributed by atoms with E-state index in [2.05, 4.69) is 40.4 Å². The average molecular weight is 252 g/mol. The minimum atomic E-state index is 0.848. The van der Waals surface area contributed by atoms with Gasteiger partial charge in [0.25, 0.3) is 0 Å². The summed E-state index contributed by atoms with van der Waals surface area (Å²) in [5.74, 6) is 0.907. The Morgan fingerprint density at radius 1 is 1.26 bits per heavy atom. The first kappa shape index (κ1) is 11.9. The molecule has 3 aromatic rings. The van der Waals surface area contributed by atoms with E-state index in [-0.39, 0.29) is 0 Å². The number of para-hydroxylation sites is 1. The van der Waals surface area contributed by atoms with Crippen LogP contribution in [0.4, 0.5) is 0 Å². The van der Waals surface area contributed by atoms with Crippen LogP contribution >= 0.6 is 0 Å². The van der Waals surface area contributed by atoms with Crippen LogP contribution in [0.5, 0.6) is 0 Å². The molecule has 0 saturated heterocycles. The van der Waals surface area contributed by atoms with Crippen LogP contribution in [0.25, 0.3) is 16.7 Å². The van der Waals surface area contributed by atoms with Crippen LogP contribution in [0, 0.1) is 0 Å². The number of fused-ring (bicyclic) bond motifs is 1. The lowest BCUT2D eigenvalue weighted by Crippen LogP contribution is -2.12. The van der Waals surface area contributed by atoms with Crippen LogP contribution in [-0.2, 0) is 6.54 Å². The predicted molar refractivity (Wildman–Crippen MR) is 76.2 cm³/mol. The quantitative estimate of drug-likeness (QED) is 0.776. The molecule has 19 heavy (non-hydrogen) atoms. The third-order valence-corrected chi connectivity index (χ3v) is 3.12. The number of hydrogen-bond donors (Lipinski definition) is 1. The van der Waals surface area contributed by atoms with Crippen molar-refractivity contribution in [3.05, 3.63) is 54.6 Å². The molecule has 2 heterocycles. The maximum Gasteiger partial charge on any atom is 0.138 e. The van der Waals surface area contributed by atoms with E-state index in [9.17, 15) is 0 Å². The van der Waals surface area contributed by atoms with E-state index in [1.54, 1.807) is 12.5 Å². The van der Waals surface area contributed by atoms with Gasteiger partial charge in [-0.2, -0.15) is 0 Å². The third kappa shape index (κ3) is 2.35. The van der Waals surface area contributed by atoms with E-state index < -0.39 is 0 Å². The van der Waals surface area contributed by atoms with Gasteiger partial charge in [0, 0.05) is 24.3 Å². The summed E-state index contributed by atoms with van der Waals surface area (Å²) in [7, 11) is 0. The van der Waals surface area contributed by atoms with Gasteiger partial charge in [-0.3, -0.25) is 4.57 Å². The average Bonchev–Trinajstić information content (AvgIpc) is 2.98. The highest BCUT2D eigenvalue weighted by Crippen LogP contribution is 2.20. The lowest BCUT2D eigenvalue weighted by Gasteiger charge is -2.10. The summed E-state index contributed by atoms with van der Waals surface area (Å²) < 4.78 is 1.93. The van der Waals surface area contributed by atoms with Crippen LogP contribution < -0.4 is 5.32 Å². The Balaban J connectivity index is 2.15. The largest absolute Gasteiger partial charge is 0.313 e. The minimum Gasteiger partial charge on any atom is -0.313 e. The van der Waals surface area contributed by atoms with Crippen LogP contribution in [0.1, 0.15) is 12.5 Å². The van der Waals surface area contributed by atoms with Gasteiger partial charge in [0.05, 0.1) is 5.52 Å². The van der Waals surface area contributed by atoms with E-state index in [1.807, 2.05) is 22.9 Å². The van der Waals surface area contributed by atoms with Crippen LogP contribution in [-0.4, -0.2) is 21.1 Å². The maximum absolute atomic E-state index is 4.68. The molecule has 0 amide bonds. The molecule has 0 unspecified atom stereocenters. The Labute approximate surface area is 112 Å². The first-order chi connectivity index (χ1) is 9.38. The van der Waals surface area contributed by atoms with Crippen molar-refractivity contribution < 1.29 is 0 Å². The fourth-order valence-corrected chi connectivity index (χ4v) is 2.16. The van der Waals surface area contributed by atoms with Crippen LogP contribution in [0.15, 0.2) is 49.1 Å². The summed E-state index contributed by atoms with van der Waals surface area (Å²) >= 11 is 0. The first-order valence-corrected chi connectivity index (χ1v) is 6.46. The van der Waals surface area contributed by atoms with Crippen molar-refractivity contribution in [2.45, 2.75) is 13.5 Å². The molecular weight excluding hydrogens is 236 g/mol. The fraction of sp³-hybridized carbons (Fsp3) is 0.200. The van der Waals surface area contributed by atoms with E-state index >= 15 is 0 Å². The Morgan fingerprint density at radius 2 is 2.16 bits per heavy atom. The Hall–Kier alpha value is -2.20. The molecule has 0 aliphatic carbocycles. The van der Waals surface area contributed by atoms with Crippen molar-refractivity contribution in [2.75, 3.05) is 6.54 Å². The van der Waals surface area contributed by atoms with Gasteiger partial charge in [-0.05, 0) is 24.2 Å². The standard InChI is InChI=1S/C15H16N4/c1-2-16-10-12-9-15(19-8-7-17-11-19)18-14-6-4-3-5-13(12)14/h3-9,11,16H,2,10H2,1H3. The summed E-state index contributed by atoms with van der Waals surface area (Å²) in [4.78, 5) is 8.76. The van der Waals surface area contributed by atoms with E-state index in [0.29, 0.717) is 0 Å². The number of hydrogen-bond acceptors (Lipinski definition) is 3. The zero-order chi connectivity index (χ0) is 13.1. The number of pyridine rings is 1. The summed E-state index contributed by atoms with van der Waals surface area (Å²) in [6, 6.07) is 10.4. The zero-order valence-electron chi connectivity index (χ0n) is 10.9. The smallest absolute Gasteiger partial charge is 0.138 e. The molecule has 0 aliphatic heterocycles. The van der Waals surface area contributed by atoms with Crippen molar-refractivity contribution in [3.8, 4) is 5.82 Å². The molecule has 0 atom stereocenters. The number of imidazole rings is 1. The van der Waals surface area contributed by atoms with Gasteiger partial charge in [0.15, 0.2) is 0 Å². The first-order valence-electron chi connectivity index (χ1n) is 6.46. The highest BCUT2D eigenvalue weighted by atomic mass is 15.1. The van der Waals surface area contributed by atoms with Gasteiger partial charge in [-0.15, -0.1) is 0 Å². The van der Waals surface area contributed by atoms with Gasteiger partial charge < -0.3 is 5.32 Å².